The Morgan fingerprint density at radius 1 is 1.27 bits per heavy atom. The average Bonchev–Trinajstić information content (AvgIpc) is 3.37. The minimum absolute atomic E-state index is 0.0982. The fourth-order valence-corrected chi connectivity index (χ4v) is 4.26. The number of pyridine rings is 1. The van der Waals surface area contributed by atoms with Crippen molar-refractivity contribution in [2.24, 2.45) is 0 Å². The molecule has 0 unspecified atom stereocenters. The first-order chi connectivity index (χ1) is 12.7. The Kier molecular flexibility index (Phi) is 4.72. The number of aromatic nitrogens is 3. The first kappa shape index (κ1) is 16.8. The number of nitrogens with one attached hydrogen (secondary N) is 1. The van der Waals surface area contributed by atoms with E-state index in [1.165, 1.54) is 22.7 Å². The van der Waals surface area contributed by atoms with E-state index in [0.29, 0.717) is 28.9 Å². The highest BCUT2D eigenvalue weighted by Gasteiger charge is 2.24. The second kappa shape index (κ2) is 7.30. The first-order valence-electron chi connectivity index (χ1n) is 8.09. The summed E-state index contributed by atoms with van der Waals surface area (Å²) in [4.78, 5) is 38.6. The molecule has 9 heteroatoms. The molecule has 1 aliphatic rings. The van der Waals surface area contributed by atoms with Crippen molar-refractivity contribution < 1.29 is 9.59 Å². The van der Waals surface area contributed by atoms with Crippen LogP contribution in [0.1, 0.15) is 18.5 Å². The molecule has 1 aliphatic heterocycles. The number of rotatable bonds is 5. The van der Waals surface area contributed by atoms with E-state index in [4.69, 9.17) is 0 Å². The van der Waals surface area contributed by atoms with Crippen LogP contribution in [0.25, 0.3) is 11.3 Å². The molecule has 7 nitrogen and oxygen atoms in total. The molecule has 132 valence electrons. The van der Waals surface area contributed by atoms with Crippen LogP contribution >= 0.6 is 22.7 Å². The van der Waals surface area contributed by atoms with Crippen LogP contribution in [0.2, 0.25) is 0 Å². The van der Waals surface area contributed by atoms with Gasteiger partial charge >= 0.3 is 0 Å². The van der Waals surface area contributed by atoms with E-state index in [2.05, 4.69) is 20.3 Å². The lowest BCUT2D eigenvalue weighted by molar-refractivity contribution is -0.117. The van der Waals surface area contributed by atoms with Gasteiger partial charge in [0.25, 0.3) is 0 Å². The van der Waals surface area contributed by atoms with Crippen LogP contribution in [0.15, 0.2) is 35.3 Å². The van der Waals surface area contributed by atoms with Crippen molar-refractivity contribution in [2.45, 2.75) is 19.3 Å². The standard InChI is InChI=1S/C17H15N5O2S2/c23-14(7-12-9-26-17(19-12)22-6-2-4-15(22)24)21-16-20-13(10-25-16)11-3-1-5-18-8-11/h1,3,5,8-10H,2,4,6-7H2,(H,20,21,23). The lowest BCUT2D eigenvalue weighted by Gasteiger charge is -2.10. The molecular formula is C17H15N5O2S2. The molecule has 3 aromatic rings. The molecule has 0 bridgehead atoms. The number of hydrogen-bond donors (Lipinski definition) is 1. The van der Waals surface area contributed by atoms with Gasteiger partial charge in [0.15, 0.2) is 10.3 Å². The molecule has 2 amide bonds. The zero-order valence-corrected chi connectivity index (χ0v) is 15.3. The third-order valence-electron chi connectivity index (χ3n) is 3.89. The van der Waals surface area contributed by atoms with Crippen molar-refractivity contribution in [2.75, 3.05) is 16.8 Å². The van der Waals surface area contributed by atoms with E-state index >= 15 is 0 Å². The van der Waals surface area contributed by atoms with Gasteiger partial charge in [-0.05, 0) is 18.6 Å². The number of carbonyl (C=O) groups is 2. The van der Waals surface area contributed by atoms with Crippen LogP contribution in [0, 0.1) is 0 Å². The second-order valence-electron chi connectivity index (χ2n) is 5.77. The van der Waals surface area contributed by atoms with E-state index in [1.54, 1.807) is 17.3 Å². The van der Waals surface area contributed by atoms with E-state index in [1.807, 2.05) is 22.9 Å². The predicted octanol–water partition coefficient (Wildman–Crippen LogP) is 2.97. The molecule has 0 radical (unpaired) electrons. The molecular weight excluding hydrogens is 370 g/mol. The van der Waals surface area contributed by atoms with E-state index in [0.717, 1.165) is 17.7 Å². The fourth-order valence-electron chi connectivity index (χ4n) is 2.66. The number of amides is 2. The van der Waals surface area contributed by atoms with Crippen molar-refractivity contribution in [3.05, 3.63) is 41.0 Å². The number of hydrogen-bond acceptors (Lipinski definition) is 7. The third-order valence-corrected chi connectivity index (χ3v) is 5.56. The van der Waals surface area contributed by atoms with Crippen LogP contribution in [-0.4, -0.2) is 33.3 Å². The Bertz CT molecular complexity index is 938. The normalized spacial score (nSPS) is 14.0. The Hall–Kier alpha value is -2.65. The summed E-state index contributed by atoms with van der Waals surface area (Å²) in [5, 5.41) is 7.72. The number of anilines is 2. The summed E-state index contributed by atoms with van der Waals surface area (Å²) in [7, 11) is 0. The lowest BCUT2D eigenvalue weighted by Crippen LogP contribution is -2.23. The van der Waals surface area contributed by atoms with Crippen molar-refractivity contribution in [1.29, 1.82) is 0 Å². The topological polar surface area (TPSA) is 88.1 Å². The van der Waals surface area contributed by atoms with Gasteiger partial charge in [0.2, 0.25) is 11.8 Å². The van der Waals surface area contributed by atoms with Gasteiger partial charge < -0.3 is 5.32 Å². The van der Waals surface area contributed by atoms with Crippen LogP contribution < -0.4 is 10.2 Å². The molecule has 0 saturated carbocycles. The molecule has 0 spiro atoms. The molecule has 4 heterocycles. The number of nitrogens with zero attached hydrogens (tertiary/aromatic N) is 4. The minimum atomic E-state index is -0.179. The molecule has 1 saturated heterocycles. The van der Waals surface area contributed by atoms with Gasteiger partial charge in [-0.2, -0.15) is 0 Å². The van der Waals surface area contributed by atoms with Crippen LogP contribution in [0.4, 0.5) is 10.3 Å². The molecule has 0 aliphatic carbocycles. The summed E-state index contributed by atoms with van der Waals surface area (Å²) in [6.45, 7) is 0.703. The number of thiazole rings is 2. The van der Waals surface area contributed by atoms with Crippen LogP contribution in [0.3, 0.4) is 0 Å². The lowest BCUT2D eigenvalue weighted by atomic mass is 10.2. The zero-order valence-electron chi connectivity index (χ0n) is 13.7. The third kappa shape index (κ3) is 3.63. The maximum atomic E-state index is 12.2. The Labute approximate surface area is 157 Å². The quantitative estimate of drug-likeness (QED) is 0.729. The highest BCUT2D eigenvalue weighted by molar-refractivity contribution is 7.14. The van der Waals surface area contributed by atoms with Gasteiger partial charge in [-0.25, -0.2) is 9.97 Å². The van der Waals surface area contributed by atoms with Crippen LogP contribution in [-0.2, 0) is 16.0 Å². The van der Waals surface area contributed by atoms with Crippen molar-refractivity contribution in [3.8, 4) is 11.3 Å². The zero-order chi connectivity index (χ0) is 17.9. The predicted molar refractivity (Wildman–Crippen MR) is 101 cm³/mol. The summed E-state index contributed by atoms with van der Waals surface area (Å²) in [6.07, 6.45) is 5.02. The van der Waals surface area contributed by atoms with Gasteiger partial charge in [-0.3, -0.25) is 19.5 Å². The van der Waals surface area contributed by atoms with Crippen molar-refractivity contribution in [1.82, 2.24) is 15.0 Å². The highest BCUT2D eigenvalue weighted by atomic mass is 32.1. The molecule has 26 heavy (non-hydrogen) atoms. The minimum Gasteiger partial charge on any atom is -0.302 e. The smallest absolute Gasteiger partial charge is 0.232 e. The van der Waals surface area contributed by atoms with Gasteiger partial charge in [0.05, 0.1) is 17.8 Å². The maximum absolute atomic E-state index is 12.2. The molecule has 1 N–H and O–H groups in total. The van der Waals surface area contributed by atoms with E-state index in [9.17, 15) is 9.59 Å². The molecule has 0 atom stereocenters. The molecule has 3 aromatic heterocycles. The van der Waals surface area contributed by atoms with Gasteiger partial charge in [0.1, 0.15) is 0 Å². The van der Waals surface area contributed by atoms with Crippen molar-refractivity contribution >= 4 is 44.8 Å². The monoisotopic (exact) mass is 385 g/mol. The van der Waals surface area contributed by atoms with Crippen molar-refractivity contribution in [3.63, 3.8) is 0 Å². The second-order valence-corrected chi connectivity index (χ2v) is 7.47. The summed E-state index contributed by atoms with van der Waals surface area (Å²) in [5.41, 5.74) is 2.34. The summed E-state index contributed by atoms with van der Waals surface area (Å²) >= 11 is 2.76. The summed E-state index contributed by atoms with van der Waals surface area (Å²) in [5.74, 6) is -0.0808. The first-order valence-corrected chi connectivity index (χ1v) is 9.85. The highest BCUT2D eigenvalue weighted by Crippen LogP contribution is 2.26. The largest absolute Gasteiger partial charge is 0.302 e. The van der Waals surface area contributed by atoms with Crippen LogP contribution in [0.5, 0.6) is 0 Å². The molecule has 1 fully saturated rings. The molecule has 4 rings (SSSR count). The Morgan fingerprint density at radius 2 is 2.19 bits per heavy atom. The Morgan fingerprint density at radius 3 is 2.96 bits per heavy atom. The fraction of sp³-hybridized carbons (Fsp3) is 0.235. The van der Waals surface area contributed by atoms with E-state index < -0.39 is 0 Å². The van der Waals surface area contributed by atoms with Gasteiger partial charge in [0, 0.05) is 41.7 Å². The summed E-state index contributed by atoms with van der Waals surface area (Å²) in [6, 6.07) is 3.77. The van der Waals surface area contributed by atoms with Gasteiger partial charge in [-0.1, -0.05) is 0 Å². The van der Waals surface area contributed by atoms with E-state index in [-0.39, 0.29) is 18.2 Å². The SMILES string of the molecule is O=C(Cc1csc(N2CCCC2=O)n1)Nc1nc(-c2cccnc2)cs1. The number of carbonyl (C=O) groups excluding carboxylic acids is 2. The van der Waals surface area contributed by atoms with Gasteiger partial charge in [-0.15, -0.1) is 22.7 Å². The Balaban J connectivity index is 1.38. The average molecular weight is 385 g/mol. The summed E-state index contributed by atoms with van der Waals surface area (Å²) < 4.78 is 0. The molecule has 0 aromatic carbocycles. The maximum Gasteiger partial charge on any atom is 0.232 e.